The minimum Gasteiger partial charge on any atom is -0.345 e. The van der Waals surface area contributed by atoms with Gasteiger partial charge in [-0.3, -0.25) is 9.78 Å². The molecule has 0 unspecified atom stereocenters. The molecule has 0 saturated carbocycles. The molecule has 0 bridgehead atoms. The Morgan fingerprint density at radius 3 is 2.85 bits per heavy atom. The van der Waals surface area contributed by atoms with E-state index in [1.807, 2.05) is 6.07 Å². The fraction of sp³-hybridized carbons (Fsp3) is 0.222. The molecular weight excluding hydrogens is 166 g/mol. The average Bonchev–Trinajstić information content (AvgIpc) is 2.16. The molecule has 0 aliphatic heterocycles. The molecule has 1 heterocycles. The molecule has 0 atom stereocenters. The Bertz CT molecular complexity index is 365. The lowest BCUT2D eigenvalue weighted by Crippen LogP contribution is -2.22. The molecule has 1 rings (SSSR count). The van der Waals surface area contributed by atoms with Crippen molar-refractivity contribution in [3.63, 3.8) is 0 Å². The first-order chi connectivity index (χ1) is 6.16. The molecule has 13 heavy (non-hydrogen) atoms. The second-order valence-electron chi connectivity index (χ2n) is 2.73. The molecule has 0 N–H and O–H groups in total. The van der Waals surface area contributed by atoms with Crippen molar-refractivity contribution < 1.29 is 4.79 Å². The average molecular weight is 175 g/mol. The fourth-order valence-electron chi connectivity index (χ4n) is 0.903. The van der Waals surface area contributed by atoms with Crippen LogP contribution in [0.3, 0.4) is 0 Å². The molecule has 4 heteroatoms. The summed E-state index contributed by atoms with van der Waals surface area (Å²) < 4.78 is 0. The van der Waals surface area contributed by atoms with E-state index in [0.717, 1.165) is 0 Å². The maximum atomic E-state index is 11.5. The van der Waals surface area contributed by atoms with E-state index in [1.165, 1.54) is 23.4 Å². The van der Waals surface area contributed by atoms with Gasteiger partial charge in [0.05, 0.1) is 11.1 Å². The van der Waals surface area contributed by atoms with Gasteiger partial charge in [-0.25, -0.2) is 0 Å². The van der Waals surface area contributed by atoms with Crippen LogP contribution in [0, 0.1) is 11.3 Å². The van der Waals surface area contributed by atoms with Gasteiger partial charge in [0.2, 0.25) is 0 Å². The number of carbonyl (C=O) groups is 1. The van der Waals surface area contributed by atoms with Gasteiger partial charge in [-0.1, -0.05) is 0 Å². The molecule has 4 nitrogen and oxygen atoms in total. The van der Waals surface area contributed by atoms with Crippen molar-refractivity contribution >= 4 is 5.91 Å². The van der Waals surface area contributed by atoms with Crippen LogP contribution in [0.4, 0.5) is 0 Å². The first kappa shape index (κ1) is 9.20. The van der Waals surface area contributed by atoms with Gasteiger partial charge < -0.3 is 4.90 Å². The number of nitrogens with zero attached hydrogens (tertiary/aromatic N) is 3. The molecule has 0 spiro atoms. The monoisotopic (exact) mass is 175 g/mol. The number of amides is 1. The van der Waals surface area contributed by atoms with Crippen LogP contribution in [0.1, 0.15) is 15.9 Å². The quantitative estimate of drug-likeness (QED) is 0.629. The van der Waals surface area contributed by atoms with Gasteiger partial charge >= 0.3 is 0 Å². The van der Waals surface area contributed by atoms with E-state index in [2.05, 4.69) is 4.98 Å². The Hall–Kier alpha value is -1.89. The minimum atomic E-state index is -0.204. The maximum absolute atomic E-state index is 11.5. The zero-order valence-corrected chi connectivity index (χ0v) is 7.48. The molecule has 0 saturated heterocycles. The lowest BCUT2D eigenvalue weighted by Gasteiger charge is -2.10. The van der Waals surface area contributed by atoms with Crippen molar-refractivity contribution in [2.75, 3.05) is 14.1 Å². The molecule has 0 aromatic carbocycles. The van der Waals surface area contributed by atoms with Crippen LogP contribution in [0.25, 0.3) is 0 Å². The lowest BCUT2D eigenvalue weighted by atomic mass is 10.1. The van der Waals surface area contributed by atoms with E-state index in [0.29, 0.717) is 11.1 Å². The van der Waals surface area contributed by atoms with Crippen molar-refractivity contribution in [1.82, 2.24) is 9.88 Å². The van der Waals surface area contributed by atoms with Crippen LogP contribution in [-0.2, 0) is 0 Å². The Balaban J connectivity index is 3.15. The number of hydrogen-bond acceptors (Lipinski definition) is 3. The maximum Gasteiger partial charge on any atom is 0.256 e. The number of aromatic nitrogens is 1. The first-order valence-electron chi connectivity index (χ1n) is 3.72. The predicted molar refractivity (Wildman–Crippen MR) is 47.0 cm³/mol. The number of nitriles is 1. The highest BCUT2D eigenvalue weighted by Crippen LogP contribution is 2.06. The van der Waals surface area contributed by atoms with Gasteiger partial charge in [-0.05, 0) is 6.07 Å². The van der Waals surface area contributed by atoms with Crippen LogP contribution in [-0.4, -0.2) is 29.9 Å². The second-order valence-corrected chi connectivity index (χ2v) is 2.73. The van der Waals surface area contributed by atoms with Gasteiger partial charge in [-0.15, -0.1) is 0 Å². The van der Waals surface area contributed by atoms with Crippen molar-refractivity contribution in [1.29, 1.82) is 5.26 Å². The van der Waals surface area contributed by atoms with Crippen molar-refractivity contribution in [2.24, 2.45) is 0 Å². The van der Waals surface area contributed by atoms with E-state index < -0.39 is 0 Å². The Morgan fingerprint density at radius 1 is 1.62 bits per heavy atom. The first-order valence-corrected chi connectivity index (χ1v) is 3.72. The van der Waals surface area contributed by atoms with E-state index in [4.69, 9.17) is 5.26 Å². The van der Waals surface area contributed by atoms with Crippen LogP contribution in [0.2, 0.25) is 0 Å². The number of hydrogen-bond donors (Lipinski definition) is 0. The molecule has 0 fully saturated rings. The van der Waals surface area contributed by atoms with Crippen LogP contribution >= 0.6 is 0 Å². The third-order valence-corrected chi connectivity index (χ3v) is 1.58. The summed E-state index contributed by atoms with van der Waals surface area (Å²) in [7, 11) is 3.27. The predicted octanol–water partition coefficient (Wildman–Crippen LogP) is 0.655. The zero-order valence-electron chi connectivity index (χ0n) is 7.48. The standard InChI is InChI=1S/C9H9N3O/c1-12(2)9(13)8-6-11-4-3-7(8)5-10/h3-4,6H,1-2H3. The summed E-state index contributed by atoms with van der Waals surface area (Å²) in [6.07, 6.45) is 2.89. The van der Waals surface area contributed by atoms with E-state index >= 15 is 0 Å². The largest absolute Gasteiger partial charge is 0.345 e. The zero-order chi connectivity index (χ0) is 9.84. The molecule has 0 aliphatic rings. The highest BCUT2D eigenvalue weighted by atomic mass is 16.2. The third-order valence-electron chi connectivity index (χ3n) is 1.58. The molecule has 0 radical (unpaired) electrons. The summed E-state index contributed by atoms with van der Waals surface area (Å²) in [5, 5.41) is 8.70. The smallest absolute Gasteiger partial charge is 0.256 e. The molecule has 0 aliphatic carbocycles. The van der Waals surface area contributed by atoms with E-state index in [9.17, 15) is 4.79 Å². The van der Waals surface area contributed by atoms with Gasteiger partial charge in [0.15, 0.2) is 0 Å². The molecule has 1 amide bonds. The Morgan fingerprint density at radius 2 is 2.31 bits per heavy atom. The summed E-state index contributed by atoms with van der Waals surface area (Å²) in [5.41, 5.74) is 0.698. The van der Waals surface area contributed by atoms with Crippen molar-refractivity contribution in [3.8, 4) is 6.07 Å². The molecular formula is C9H9N3O. The van der Waals surface area contributed by atoms with Gasteiger partial charge in [0.1, 0.15) is 6.07 Å². The van der Waals surface area contributed by atoms with Crippen LogP contribution in [0.5, 0.6) is 0 Å². The topological polar surface area (TPSA) is 57.0 Å². The van der Waals surface area contributed by atoms with Gasteiger partial charge in [0.25, 0.3) is 5.91 Å². The van der Waals surface area contributed by atoms with Crippen LogP contribution in [0.15, 0.2) is 18.5 Å². The Labute approximate surface area is 76.4 Å². The summed E-state index contributed by atoms with van der Waals surface area (Å²) in [5.74, 6) is -0.204. The van der Waals surface area contributed by atoms with E-state index in [-0.39, 0.29) is 5.91 Å². The molecule has 1 aromatic rings. The lowest BCUT2D eigenvalue weighted by molar-refractivity contribution is 0.0827. The van der Waals surface area contributed by atoms with Gasteiger partial charge in [0, 0.05) is 26.5 Å². The van der Waals surface area contributed by atoms with Crippen molar-refractivity contribution in [3.05, 3.63) is 29.6 Å². The number of carbonyl (C=O) groups excluding carboxylic acids is 1. The highest BCUT2D eigenvalue weighted by Gasteiger charge is 2.12. The highest BCUT2D eigenvalue weighted by molar-refractivity contribution is 5.95. The number of pyridine rings is 1. The summed E-state index contributed by atoms with van der Waals surface area (Å²) in [6, 6.07) is 3.47. The van der Waals surface area contributed by atoms with E-state index in [1.54, 1.807) is 14.1 Å². The van der Waals surface area contributed by atoms with Crippen molar-refractivity contribution in [2.45, 2.75) is 0 Å². The van der Waals surface area contributed by atoms with Gasteiger partial charge in [-0.2, -0.15) is 5.26 Å². The molecule has 1 aromatic heterocycles. The van der Waals surface area contributed by atoms with Crippen LogP contribution < -0.4 is 0 Å². The normalized spacial score (nSPS) is 9.00. The summed E-state index contributed by atoms with van der Waals surface area (Å²) in [6.45, 7) is 0. The molecule has 66 valence electrons. The second kappa shape index (κ2) is 3.68. The summed E-state index contributed by atoms with van der Waals surface area (Å²) in [4.78, 5) is 16.7. The third kappa shape index (κ3) is 1.82. The minimum absolute atomic E-state index is 0.204. The SMILES string of the molecule is CN(C)C(=O)c1cnccc1C#N. The number of rotatable bonds is 1. The fourth-order valence-corrected chi connectivity index (χ4v) is 0.903. The Kier molecular flexibility index (Phi) is 2.60. The summed E-state index contributed by atoms with van der Waals surface area (Å²) >= 11 is 0.